The average molecular weight is 308 g/mol. The summed E-state index contributed by atoms with van der Waals surface area (Å²) >= 11 is 0. The van der Waals surface area contributed by atoms with E-state index in [4.69, 9.17) is 25.5 Å². The largest absolute Gasteiger partial charge is 0.508 e. The van der Waals surface area contributed by atoms with E-state index in [2.05, 4.69) is 0 Å². The minimum Gasteiger partial charge on any atom is -0.508 e. The molecular weight excluding hydrogens is 280 g/mol. The molecule has 0 aromatic heterocycles. The molecule has 7 nitrogen and oxygen atoms in total. The second-order valence-corrected chi connectivity index (χ2v) is 4.27. The number of aliphatic hydroxyl groups is 4. The van der Waals surface area contributed by atoms with Crippen LogP contribution < -0.4 is 0 Å². The standard InChI is InChI=1S/C14H20O7/c15-7-10-11(17)12(18)13(19)14(21-10)20-6-5-8-1-3-9(16)4-2-8/h1-4,10-19H,5-7H2/t10-,11-,12+,13-,14?/m1/s1/i1D,2D,3D,4D,5D2,6D2. The van der Waals surface area contributed by atoms with Crippen molar-refractivity contribution in [3.63, 3.8) is 0 Å². The zero-order valence-corrected chi connectivity index (χ0v) is 10.6. The number of aliphatic hydroxyl groups excluding tert-OH is 4. The molecule has 1 saturated heterocycles. The molecule has 0 saturated carbocycles. The van der Waals surface area contributed by atoms with Crippen LogP contribution in [0.25, 0.3) is 0 Å². The van der Waals surface area contributed by atoms with Gasteiger partial charge < -0.3 is 35.0 Å². The number of ether oxygens (including phenoxy) is 2. The van der Waals surface area contributed by atoms with Gasteiger partial charge in [-0.1, -0.05) is 12.1 Å². The van der Waals surface area contributed by atoms with Crippen molar-refractivity contribution in [2.24, 2.45) is 0 Å². The monoisotopic (exact) mass is 308 g/mol. The lowest BCUT2D eigenvalue weighted by atomic mass is 9.99. The van der Waals surface area contributed by atoms with Gasteiger partial charge in [0, 0.05) is 2.74 Å². The van der Waals surface area contributed by atoms with Crippen LogP contribution in [0.5, 0.6) is 5.75 Å². The minimum absolute atomic E-state index is 0.837. The molecule has 1 aromatic rings. The molecule has 118 valence electrons. The first-order valence-electron chi connectivity index (χ1n) is 9.97. The highest BCUT2D eigenvalue weighted by Gasteiger charge is 2.43. The molecule has 2 rings (SSSR count). The third-order valence-electron chi connectivity index (χ3n) is 2.81. The Morgan fingerprint density at radius 3 is 2.43 bits per heavy atom. The summed E-state index contributed by atoms with van der Waals surface area (Å²) in [7, 11) is 0. The Balaban J connectivity index is 2.45. The molecule has 1 heterocycles. The zero-order chi connectivity index (χ0) is 22.5. The van der Waals surface area contributed by atoms with Gasteiger partial charge in [-0.3, -0.25) is 0 Å². The predicted molar refractivity (Wildman–Crippen MR) is 71.5 cm³/mol. The normalized spacial score (nSPS) is 39.9. The molecule has 5 N–H and O–H groups in total. The zero-order valence-electron chi connectivity index (χ0n) is 18.6. The highest BCUT2D eigenvalue weighted by atomic mass is 16.7. The highest BCUT2D eigenvalue weighted by Crippen LogP contribution is 2.22. The van der Waals surface area contributed by atoms with E-state index >= 15 is 0 Å². The van der Waals surface area contributed by atoms with Gasteiger partial charge >= 0.3 is 0 Å². The van der Waals surface area contributed by atoms with Crippen molar-refractivity contribution in [3.8, 4) is 5.75 Å². The Morgan fingerprint density at radius 1 is 1.14 bits per heavy atom. The molecule has 0 aliphatic carbocycles. The van der Waals surface area contributed by atoms with Crippen molar-refractivity contribution in [1.29, 1.82) is 0 Å². The molecule has 5 atom stereocenters. The van der Waals surface area contributed by atoms with E-state index in [1.165, 1.54) is 0 Å². The van der Waals surface area contributed by atoms with Gasteiger partial charge in [0.05, 0.1) is 21.4 Å². The first kappa shape index (κ1) is 8.42. The van der Waals surface area contributed by atoms with Crippen molar-refractivity contribution < 1.29 is 46.0 Å². The van der Waals surface area contributed by atoms with Crippen molar-refractivity contribution in [2.75, 3.05) is 13.2 Å². The van der Waals surface area contributed by atoms with Crippen LogP contribution in [0.1, 0.15) is 16.5 Å². The SMILES string of the molecule is [2H]c1c([2H])c(C([2H])([2H])C([2H])([2H])OC2O[C@H](CO)[C@@H](O)[C@H](O)[C@H]2O)c([2H])c([2H])c1O. The molecule has 0 radical (unpaired) electrons. The summed E-state index contributed by atoms with van der Waals surface area (Å²) in [6, 6.07) is -4.08. The Morgan fingerprint density at radius 2 is 1.81 bits per heavy atom. The van der Waals surface area contributed by atoms with E-state index in [1.54, 1.807) is 0 Å². The van der Waals surface area contributed by atoms with E-state index in [-0.39, 0.29) is 0 Å². The summed E-state index contributed by atoms with van der Waals surface area (Å²) in [6.45, 7) is -4.29. The lowest BCUT2D eigenvalue weighted by Gasteiger charge is -2.39. The third kappa shape index (κ3) is 3.91. The van der Waals surface area contributed by atoms with Gasteiger partial charge in [-0.25, -0.2) is 0 Å². The second-order valence-electron chi connectivity index (χ2n) is 4.27. The lowest BCUT2D eigenvalue weighted by Crippen LogP contribution is -2.59. The number of benzene rings is 1. The maximum atomic E-state index is 9.96. The Labute approximate surface area is 133 Å². The molecule has 0 spiro atoms. The van der Waals surface area contributed by atoms with Crippen LogP contribution in [-0.4, -0.2) is 69.4 Å². The van der Waals surface area contributed by atoms with Gasteiger partial charge in [-0.15, -0.1) is 0 Å². The number of hydrogen-bond donors (Lipinski definition) is 5. The smallest absolute Gasteiger partial charge is 0.186 e. The van der Waals surface area contributed by atoms with Gasteiger partial charge in [0.15, 0.2) is 6.29 Å². The first-order valence-corrected chi connectivity index (χ1v) is 5.97. The number of aromatic hydroxyl groups is 1. The molecular formula is C14H20O7. The molecule has 1 aliphatic heterocycles. The number of phenols is 1. The van der Waals surface area contributed by atoms with Crippen LogP contribution in [0.15, 0.2) is 24.2 Å². The summed E-state index contributed by atoms with van der Waals surface area (Å²) in [5, 5.41) is 48.2. The van der Waals surface area contributed by atoms with Gasteiger partial charge in [-0.2, -0.15) is 0 Å². The fourth-order valence-electron chi connectivity index (χ4n) is 1.67. The molecule has 1 fully saturated rings. The molecule has 1 aliphatic rings. The Hall–Kier alpha value is -1.22. The van der Waals surface area contributed by atoms with Crippen molar-refractivity contribution in [2.45, 2.75) is 37.1 Å². The second kappa shape index (κ2) is 7.17. The van der Waals surface area contributed by atoms with Gasteiger partial charge in [0.1, 0.15) is 30.2 Å². The summed E-state index contributed by atoms with van der Waals surface area (Å²) in [6.07, 6.45) is -12.6. The van der Waals surface area contributed by atoms with Crippen molar-refractivity contribution in [3.05, 3.63) is 29.7 Å². The molecule has 1 unspecified atom stereocenters. The van der Waals surface area contributed by atoms with Crippen LogP contribution in [0.2, 0.25) is 0 Å². The maximum Gasteiger partial charge on any atom is 0.186 e. The summed E-state index contributed by atoms with van der Waals surface area (Å²) in [5.41, 5.74) is -1.06. The molecule has 1 aromatic carbocycles. The van der Waals surface area contributed by atoms with E-state index in [9.17, 15) is 20.4 Å². The quantitative estimate of drug-likeness (QED) is 0.461. The Bertz CT molecular complexity index is 746. The lowest BCUT2D eigenvalue weighted by molar-refractivity contribution is -0.300. The van der Waals surface area contributed by atoms with Crippen LogP contribution in [-0.2, 0) is 15.8 Å². The van der Waals surface area contributed by atoms with E-state index in [0.29, 0.717) is 0 Å². The van der Waals surface area contributed by atoms with Gasteiger partial charge in [0.2, 0.25) is 0 Å². The fraction of sp³-hybridized carbons (Fsp3) is 0.571. The van der Waals surface area contributed by atoms with Crippen molar-refractivity contribution >= 4 is 0 Å². The third-order valence-corrected chi connectivity index (χ3v) is 2.81. The average Bonchev–Trinajstić information content (AvgIpc) is 2.64. The summed E-state index contributed by atoms with van der Waals surface area (Å²) < 4.78 is 72.5. The van der Waals surface area contributed by atoms with Gasteiger partial charge in [-0.05, 0) is 24.0 Å². The number of hydrogen-bond acceptors (Lipinski definition) is 7. The number of phenolic OH excluding ortho intramolecular Hbond substituents is 1. The van der Waals surface area contributed by atoms with Crippen LogP contribution in [0.3, 0.4) is 0 Å². The van der Waals surface area contributed by atoms with Crippen LogP contribution in [0, 0.1) is 0 Å². The summed E-state index contributed by atoms with van der Waals surface area (Å²) in [5.74, 6) is -1.05. The molecule has 0 bridgehead atoms. The molecule has 21 heavy (non-hydrogen) atoms. The van der Waals surface area contributed by atoms with Gasteiger partial charge in [0.25, 0.3) is 0 Å². The maximum absolute atomic E-state index is 9.96. The van der Waals surface area contributed by atoms with Crippen molar-refractivity contribution in [1.82, 2.24) is 0 Å². The topological polar surface area (TPSA) is 120 Å². The predicted octanol–water partition coefficient (Wildman–Crippen LogP) is -1.25. The minimum atomic E-state index is -3.46. The van der Waals surface area contributed by atoms with E-state index in [0.717, 1.165) is 0 Å². The first-order chi connectivity index (χ1) is 13.2. The van der Waals surface area contributed by atoms with E-state index < -0.39 is 85.7 Å². The van der Waals surface area contributed by atoms with Crippen LogP contribution in [0.4, 0.5) is 0 Å². The molecule has 7 heteroatoms. The summed E-state index contributed by atoms with van der Waals surface area (Å²) in [4.78, 5) is 0. The fourth-order valence-corrected chi connectivity index (χ4v) is 1.67. The Kier molecular flexibility index (Phi) is 2.87. The highest BCUT2D eigenvalue weighted by molar-refractivity contribution is 5.25. The van der Waals surface area contributed by atoms with Crippen LogP contribution >= 0.6 is 0 Å². The molecule has 0 amide bonds. The van der Waals surface area contributed by atoms with E-state index in [1.807, 2.05) is 0 Å². The number of rotatable bonds is 5.